The average molecular weight is 140 g/mol. The van der Waals surface area contributed by atoms with Gasteiger partial charge in [0, 0.05) is 14.2 Å². The summed E-state index contributed by atoms with van der Waals surface area (Å²) in [4.78, 5) is 0. The Bertz CT molecular complexity index is 217. The third-order valence-electron chi connectivity index (χ3n) is 1.39. The van der Waals surface area contributed by atoms with Crippen LogP contribution in [0.3, 0.4) is 0 Å². The monoisotopic (exact) mass is 140 g/mol. The van der Waals surface area contributed by atoms with Gasteiger partial charge >= 0.3 is 0 Å². The number of aromatic nitrogens is 2. The van der Waals surface area contributed by atoms with Crippen molar-refractivity contribution >= 4 is 0 Å². The van der Waals surface area contributed by atoms with E-state index in [1.165, 1.54) is 0 Å². The molecule has 0 aliphatic heterocycles. The van der Waals surface area contributed by atoms with E-state index in [9.17, 15) is 0 Å². The maximum atomic E-state index is 4.96. The fourth-order valence-corrected chi connectivity index (χ4v) is 0.947. The molecule has 0 spiro atoms. The zero-order valence-corrected chi connectivity index (χ0v) is 6.59. The Hall–Kier alpha value is -0.830. The Morgan fingerprint density at radius 2 is 2.40 bits per heavy atom. The molecule has 1 aromatic rings. The molecule has 0 bridgehead atoms. The molecule has 3 heteroatoms. The maximum Gasteiger partial charge on any atom is 0.0880 e. The van der Waals surface area contributed by atoms with Gasteiger partial charge in [0.15, 0.2) is 0 Å². The summed E-state index contributed by atoms with van der Waals surface area (Å²) in [6.07, 6.45) is 0. The minimum atomic E-state index is 0.636. The first kappa shape index (κ1) is 7.28. The standard InChI is InChI=1S/C7H12N2O/c1-6-4-7(5-10-3)9(2)8-6/h4H,5H2,1-3H3. The van der Waals surface area contributed by atoms with Crippen molar-refractivity contribution < 1.29 is 4.74 Å². The number of methoxy groups -OCH3 is 1. The Kier molecular flexibility index (Phi) is 2.06. The molecule has 0 saturated carbocycles. The van der Waals surface area contributed by atoms with Crippen LogP contribution in [0.15, 0.2) is 6.07 Å². The minimum Gasteiger partial charge on any atom is -0.378 e. The second-order valence-corrected chi connectivity index (χ2v) is 2.33. The predicted octanol–water partition coefficient (Wildman–Crippen LogP) is 0.875. The van der Waals surface area contributed by atoms with Crippen LogP contribution in [0.25, 0.3) is 0 Å². The van der Waals surface area contributed by atoms with E-state index in [1.807, 2.05) is 24.7 Å². The number of ether oxygens (including phenoxy) is 1. The van der Waals surface area contributed by atoms with Crippen molar-refractivity contribution in [3.05, 3.63) is 17.5 Å². The number of hydrogen-bond acceptors (Lipinski definition) is 2. The third-order valence-corrected chi connectivity index (χ3v) is 1.39. The highest BCUT2D eigenvalue weighted by Crippen LogP contribution is 2.01. The van der Waals surface area contributed by atoms with Crippen LogP contribution < -0.4 is 0 Å². The van der Waals surface area contributed by atoms with E-state index in [1.54, 1.807) is 7.11 Å². The molecule has 3 nitrogen and oxygen atoms in total. The summed E-state index contributed by atoms with van der Waals surface area (Å²) in [6, 6.07) is 2.02. The second-order valence-electron chi connectivity index (χ2n) is 2.33. The maximum absolute atomic E-state index is 4.96. The first-order valence-corrected chi connectivity index (χ1v) is 3.22. The molecule has 0 aliphatic carbocycles. The van der Waals surface area contributed by atoms with Crippen LogP contribution >= 0.6 is 0 Å². The van der Waals surface area contributed by atoms with Gasteiger partial charge in [-0.2, -0.15) is 5.10 Å². The zero-order chi connectivity index (χ0) is 7.56. The first-order chi connectivity index (χ1) is 4.74. The first-order valence-electron chi connectivity index (χ1n) is 3.22. The number of nitrogens with zero attached hydrogens (tertiary/aromatic N) is 2. The molecule has 0 radical (unpaired) electrons. The van der Waals surface area contributed by atoms with Crippen LogP contribution in [-0.4, -0.2) is 16.9 Å². The fourth-order valence-electron chi connectivity index (χ4n) is 0.947. The van der Waals surface area contributed by atoms with E-state index < -0.39 is 0 Å². The number of aryl methyl sites for hydroxylation is 2. The molecule has 56 valence electrons. The van der Waals surface area contributed by atoms with Crippen molar-refractivity contribution in [2.75, 3.05) is 7.11 Å². The molecule has 1 aromatic heterocycles. The van der Waals surface area contributed by atoms with Gasteiger partial charge in [-0.15, -0.1) is 0 Å². The van der Waals surface area contributed by atoms with Crippen molar-refractivity contribution in [3.63, 3.8) is 0 Å². The fraction of sp³-hybridized carbons (Fsp3) is 0.571. The van der Waals surface area contributed by atoms with Gasteiger partial charge in [0.25, 0.3) is 0 Å². The van der Waals surface area contributed by atoms with Crippen molar-refractivity contribution in [2.45, 2.75) is 13.5 Å². The van der Waals surface area contributed by atoms with E-state index in [2.05, 4.69) is 5.10 Å². The van der Waals surface area contributed by atoms with E-state index in [-0.39, 0.29) is 0 Å². The molecule has 0 unspecified atom stereocenters. The van der Waals surface area contributed by atoms with Crippen molar-refractivity contribution in [1.82, 2.24) is 9.78 Å². The normalized spacial score (nSPS) is 10.3. The van der Waals surface area contributed by atoms with Crippen molar-refractivity contribution in [1.29, 1.82) is 0 Å². The average Bonchev–Trinajstić information content (AvgIpc) is 2.13. The lowest BCUT2D eigenvalue weighted by atomic mass is 10.4. The molecule has 10 heavy (non-hydrogen) atoms. The molecular weight excluding hydrogens is 128 g/mol. The Balaban J connectivity index is 2.81. The molecule has 0 N–H and O–H groups in total. The summed E-state index contributed by atoms with van der Waals surface area (Å²) < 4.78 is 6.79. The van der Waals surface area contributed by atoms with E-state index >= 15 is 0 Å². The quantitative estimate of drug-likeness (QED) is 0.609. The summed E-state index contributed by atoms with van der Waals surface area (Å²) in [6.45, 7) is 2.61. The number of rotatable bonds is 2. The van der Waals surface area contributed by atoms with Crippen molar-refractivity contribution in [2.24, 2.45) is 7.05 Å². The minimum absolute atomic E-state index is 0.636. The van der Waals surface area contributed by atoms with Crippen LogP contribution in [0.1, 0.15) is 11.4 Å². The summed E-state index contributed by atoms with van der Waals surface area (Å²) in [7, 11) is 3.60. The van der Waals surface area contributed by atoms with Gasteiger partial charge in [0.2, 0.25) is 0 Å². The SMILES string of the molecule is COCc1cc(C)nn1C. The molecule has 1 rings (SSSR count). The number of hydrogen-bond donors (Lipinski definition) is 0. The summed E-state index contributed by atoms with van der Waals surface area (Å²) >= 11 is 0. The highest BCUT2D eigenvalue weighted by molar-refractivity contribution is 5.07. The largest absolute Gasteiger partial charge is 0.378 e. The van der Waals surface area contributed by atoms with Gasteiger partial charge in [-0.1, -0.05) is 0 Å². The Labute approximate surface area is 60.6 Å². The summed E-state index contributed by atoms with van der Waals surface area (Å²) in [5.41, 5.74) is 2.15. The molecule has 0 aliphatic rings. The molecule has 0 amide bonds. The smallest absolute Gasteiger partial charge is 0.0880 e. The molecule has 0 atom stereocenters. The zero-order valence-electron chi connectivity index (χ0n) is 6.59. The van der Waals surface area contributed by atoms with E-state index in [0.29, 0.717) is 6.61 Å². The lowest BCUT2D eigenvalue weighted by molar-refractivity contribution is 0.178. The van der Waals surface area contributed by atoms with Gasteiger partial charge in [0.1, 0.15) is 0 Å². The Morgan fingerprint density at radius 3 is 2.80 bits per heavy atom. The van der Waals surface area contributed by atoms with Gasteiger partial charge in [-0.3, -0.25) is 4.68 Å². The second kappa shape index (κ2) is 2.84. The molecule has 0 fully saturated rings. The van der Waals surface area contributed by atoms with Crippen LogP contribution in [-0.2, 0) is 18.4 Å². The van der Waals surface area contributed by atoms with Crippen molar-refractivity contribution in [3.8, 4) is 0 Å². The summed E-state index contributed by atoms with van der Waals surface area (Å²) in [5.74, 6) is 0. The van der Waals surface area contributed by atoms with E-state index in [0.717, 1.165) is 11.4 Å². The molecule has 1 heterocycles. The highest BCUT2D eigenvalue weighted by atomic mass is 16.5. The topological polar surface area (TPSA) is 27.1 Å². The Morgan fingerprint density at radius 1 is 1.70 bits per heavy atom. The van der Waals surface area contributed by atoms with E-state index in [4.69, 9.17) is 4.74 Å². The van der Waals surface area contributed by atoms with Gasteiger partial charge < -0.3 is 4.74 Å². The van der Waals surface area contributed by atoms with Gasteiger partial charge in [-0.05, 0) is 13.0 Å². The predicted molar refractivity (Wildman–Crippen MR) is 38.7 cm³/mol. The van der Waals surface area contributed by atoms with Gasteiger partial charge in [0.05, 0.1) is 18.0 Å². The summed E-state index contributed by atoms with van der Waals surface area (Å²) in [5, 5.41) is 4.17. The van der Waals surface area contributed by atoms with Gasteiger partial charge in [-0.25, -0.2) is 0 Å². The lowest BCUT2D eigenvalue weighted by Crippen LogP contribution is -1.98. The highest BCUT2D eigenvalue weighted by Gasteiger charge is 1.98. The molecule has 0 saturated heterocycles. The molecular formula is C7H12N2O. The van der Waals surface area contributed by atoms with Crippen LogP contribution in [0.2, 0.25) is 0 Å². The van der Waals surface area contributed by atoms with Crippen LogP contribution in [0.5, 0.6) is 0 Å². The third kappa shape index (κ3) is 1.36. The lowest BCUT2D eigenvalue weighted by Gasteiger charge is -1.97. The molecule has 0 aromatic carbocycles. The van der Waals surface area contributed by atoms with Crippen LogP contribution in [0, 0.1) is 6.92 Å². The van der Waals surface area contributed by atoms with Crippen LogP contribution in [0.4, 0.5) is 0 Å².